The number of thioether (sulfide) groups is 1. The fourth-order valence-electron chi connectivity index (χ4n) is 4.52. The standard InChI is InChI=1S/C24H26N4O4S2/c1-29-16-8-19(31-12-15-13-33-22(25-15)14-6-4-3-5-7-14)17-10-21(32-20(17)9-16)18-11-28-23(26-18)34-24(27-28)30-2/h8-11,13-14,24,27H,3-7,12H2,1-2H3. The Labute approximate surface area is 205 Å². The van der Waals surface area contributed by atoms with E-state index in [4.69, 9.17) is 23.6 Å². The van der Waals surface area contributed by atoms with Crippen molar-refractivity contribution in [1.82, 2.24) is 14.6 Å². The Hall–Kier alpha value is -2.69. The van der Waals surface area contributed by atoms with Gasteiger partial charge < -0.3 is 18.6 Å². The van der Waals surface area contributed by atoms with Crippen molar-refractivity contribution >= 4 is 34.1 Å². The first-order valence-electron chi connectivity index (χ1n) is 11.4. The van der Waals surface area contributed by atoms with Gasteiger partial charge in [-0.15, -0.1) is 11.3 Å². The van der Waals surface area contributed by atoms with Crippen molar-refractivity contribution < 1.29 is 18.6 Å². The summed E-state index contributed by atoms with van der Waals surface area (Å²) in [5, 5.41) is 5.07. The maximum absolute atomic E-state index is 6.23. The van der Waals surface area contributed by atoms with E-state index >= 15 is 0 Å². The van der Waals surface area contributed by atoms with Gasteiger partial charge in [0.05, 0.1) is 29.4 Å². The lowest BCUT2D eigenvalue weighted by Crippen LogP contribution is -2.19. The fourth-order valence-corrected chi connectivity index (χ4v) is 6.32. The first-order valence-corrected chi connectivity index (χ1v) is 13.2. The molecule has 4 heterocycles. The number of nitrogens with one attached hydrogen (secondary N) is 1. The number of benzene rings is 1. The lowest BCUT2D eigenvalue weighted by Gasteiger charge is -2.18. The lowest BCUT2D eigenvalue weighted by molar-refractivity contribution is 0.187. The van der Waals surface area contributed by atoms with Crippen LogP contribution in [-0.2, 0) is 11.3 Å². The van der Waals surface area contributed by atoms with E-state index in [2.05, 4.69) is 15.8 Å². The summed E-state index contributed by atoms with van der Waals surface area (Å²) in [6, 6.07) is 5.73. The molecule has 1 unspecified atom stereocenters. The second-order valence-electron chi connectivity index (χ2n) is 8.54. The minimum atomic E-state index is -0.138. The number of furan rings is 1. The predicted molar refractivity (Wildman–Crippen MR) is 132 cm³/mol. The molecule has 0 saturated heterocycles. The average Bonchev–Trinajstić information content (AvgIpc) is 3.65. The van der Waals surface area contributed by atoms with E-state index in [1.807, 2.05) is 29.1 Å². The van der Waals surface area contributed by atoms with Crippen molar-refractivity contribution in [3.63, 3.8) is 0 Å². The molecule has 1 fully saturated rings. The van der Waals surface area contributed by atoms with Gasteiger partial charge in [-0.25, -0.2) is 14.6 Å². The summed E-state index contributed by atoms with van der Waals surface area (Å²) in [5.41, 5.74) is 5.46. The summed E-state index contributed by atoms with van der Waals surface area (Å²) in [5.74, 6) is 2.66. The quantitative estimate of drug-likeness (QED) is 0.334. The molecule has 8 nitrogen and oxygen atoms in total. The number of thiazole rings is 1. The molecule has 1 atom stereocenters. The molecule has 10 heteroatoms. The van der Waals surface area contributed by atoms with Crippen LogP contribution in [0.25, 0.3) is 22.4 Å². The van der Waals surface area contributed by atoms with Crippen molar-refractivity contribution in [2.24, 2.45) is 0 Å². The smallest absolute Gasteiger partial charge is 0.196 e. The van der Waals surface area contributed by atoms with Crippen LogP contribution in [-0.4, -0.2) is 34.4 Å². The highest BCUT2D eigenvalue weighted by atomic mass is 32.2. The van der Waals surface area contributed by atoms with Crippen LogP contribution in [0.5, 0.6) is 11.5 Å². The fraction of sp³-hybridized carbons (Fsp3) is 0.417. The highest BCUT2D eigenvalue weighted by molar-refractivity contribution is 7.99. The molecule has 6 rings (SSSR count). The van der Waals surface area contributed by atoms with Crippen LogP contribution in [0.1, 0.15) is 48.7 Å². The SMILES string of the molecule is COc1cc(OCc2csc(C3CCCCC3)n2)c2cc(-c3cn4c(n3)SC(OC)N4)oc2c1. The molecule has 3 aromatic heterocycles. The molecule has 0 bridgehead atoms. The van der Waals surface area contributed by atoms with Crippen molar-refractivity contribution in [3.8, 4) is 23.0 Å². The molecule has 1 saturated carbocycles. The van der Waals surface area contributed by atoms with Crippen LogP contribution in [0.4, 0.5) is 0 Å². The van der Waals surface area contributed by atoms with Gasteiger partial charge in [0, 0.05) is 30.5 Å². The van der Waals surface area contributed by atoms with Gasteiger partial charge in [-0.05, 0) is 30.7 Å². The summed E-state index contributed by atoms with van der Waals surface area (Å²) >= 11 is 3.27. The summed E-state index contributed by atoms with van der Waals surface area (Å²) < 4.78 is 25.0. The third kappa shape index (κ3) is 4.14. The Balaban J connectivity index is 1.24. The number of methoxy groups -OCH3 is 2. The number of aromatic nitrogens is 3. The van der Waals surface area contributed by atoms with E-state index in [0.29, 0.717) is 35.4 Å². The zero-order chi connectivity index (χ0) is 23.1. The second kappa shape index (κ2) is 9.16. The van der Waals surface area contributed by atoms with Crippen LogP contribution in [0.2, 0.25) is 0 Å². The Morgan fingerprint density at radius 1 is 1.15 bits per heavy atom. The zero-order valence-corrected chi connectivity index (χ0v) is 20.7. The molecule has 1 aliphatic carbocycles. The molecule has 1 aromatic carbocycles. The molecule has 0 spiro atoms. The van der Waals surface area contributed by atoms with Gasteiger partial charge in [0.15, 0.2) is 16.5 Å². The predicted octanol–water partition coefficient (Wildman–Crippen LogP) is 5.97. The maximum atomic E-state index is 6.23. The Morgan fingerprint density at radius 3 is 2.82 bits per heavy atom. The summed E-state index contributed by atoms with van der Waals surface area (Å²) in [4.78, 5) is 9.55. The van der Waals surface area contributed by atoms with Gasteiger partial charge in [0.2, 0.25) is 0 Å². The van der Waals surface area contributed by atoms with E-state index in [1.165, 1.54) is 48.9 Å². The van der Waals surface area contributed by atoms with Crippen LogP contribution in [0.3, 0.4) is 0 Å². The summed E-state index contributed by atoms with van der Waals surface area (Å²) in [7, 11) is 3.30. The number of hydrogen-bond acceptors (Lipinski definition) is 9. The van der Waals surface area contributed by atoms with Gasteiger partial charge in [-0.1, -0.05) is 19.3 Å². The van der Waals surface area contributed by atoms with Crippen molar-refractivity contribution in [2.45, 2.75) is 55.3 Å². The number of fused-ring (bicyclic) bond motifs is 2. The topological polar surface area (TPSA) is 83.6 Å². The molecule has 1 aliphatic heterocycles. The molecule has 0 amide bonds. The Morgan fingerprint density at radius 2 is 2.03 bits per heavy atom. The van der Waals surface area contributed by atoms with E-state index < -0.39 is 0 Å². The number of ether oxygens (including phenoxy) is 3. The number of hydrogen-bond donors (Lipinski definition) is 1. The molecule has 4 aromatic rings. The number of imidazole rings is 1. The molecule has 0 radical (unpaired) electrons. The van der Waals surface area contributed by atoms with Crippen molar-refractivity contribution in [3.05, 3.63) is 40.5 Å². The largest absolute Gasteiger partial charge is 0.496 e. The summed E-state index contributed by atoms with van der Waals surface area (Å²) in [6.45, 7) is 0.406. The second-order valence-corrected chi connectivity index (χ2v) is 10.5. The van der Waals surface area contributed by atoms with Crippen LogP contribution in [0.15, 0.2) is 39.3 Å². The third-order valence-electron chi connectivity index (χ3n) is 6.31. The number of rotatable bonds is 7. The van der Waals surface area contributed by atoms with Gasteiger partial charge in [0.1, 0.15) is 29.4 Å². The maximum Gasteiger partial charge on any atom is 0.196 e. The average molecular weight is 499 g/mol. The van der Waals surface area contributed by atoms with Gasteiger partial charge >= 0.3 is 0 Å². The van der Waals surface area contributed by atoms with Gasteiger partial charge in [0.25, 0.3) is 0 Å². The number of nitrogens with zero attached hydrogens (tertiary/aromatic N) is 3. The first-order chi connectivity index (χ1) is 16.7. The van der Waals surface area contributed by atoms with E-state index in [9.17, 15) is 0 Å². The van der Waals surface area contributed by atoms with Crippen LogP contribution >= 0.6 is 23.1 Å². The third-order valence-corrected chi connectivity index (χ3v) is 8.37. The Kier molecular flexibility index (Phi) is 5.88. The highest BCUT2D eigenvalue weighted by Crippen LogP contribution is 2.39. The zero-order valence-electron chi connectivity index (χ0n) is 19.1. The van der Waals surface area contributed by atoms with Crippen molar-refractivity contribution in [2.75, 3.05) is 19.6 Å². The minimum absolute atomic E-state index is 0.138. The molecular weight excluding hydrogens is 472 g/mol. The van der Waals surface area contributed by atoms with E-state index in [-0.39, 0.29) is 5.56 Å². The van der Waals surface area contributed by atoms with Gasteiger partial charge in [-0.3, -0.25) is 5.43 Å². The molecule has 2 aliphatic rings. The molecule has 178 valence electrons. The summed E-state index contributed by atoms with van der Waals surface area (Å²) in [6.07, 6.45) is 8.36. The minimum Gasteiger partial charge on any atom is -0.496 e. The Bertz CT molecular complexity index is 1280. The van der Waals surface area contributed by atoms with E-state index in [1.54, 1.807) is 25.6 Å². The monoisotopic (exact) mass is 498 g/mol. The highest BCUT2D eigenvalue weighted by Gasteiger charge is 2.25. The van der Waals surface area contributed by atoms with Crippen LogP contribution in [0, 0.1) is 0 Å². The van der Waals surface area contributed by atoms with Gasteiger partial charge in [-0.2, -0.15) is 0 Å². The first kappa shape index (κ1) is 21.8. The van der Waals surface area contributed by atoms with E-state index in [0.717, 1.165) is 21.9 Å². The lowest BCUT2D eigenvalue weighted by atomic mass is 9.90. The molecule has 1 N–H and O–H groups in total. The molecular formula is C24H26N4O4S2. The normalized spacial score (nSPS) is 18.2. The molecule has 34 heavy (non-hydrogen) atoms. The van der Waals surface area contributed by atoms with Crippen molar-refractivity contribution in [1.29, 1.82) is 0 Å². The van der Waals surface area contributed by atoms with Crippen LogP contribution < -0.4 is 14.9 Å².